The summed E-state index contributed by atoms with van der Waals surface area (Å²) in [6.45, 7) is 4.01. The fraction of sp³-hybridized carbons (Fsp3) is 0.381. The molecule has 4 nitrogen and oxygen atoms in total. The summed E-state index contributed by atoms with van der Waals surface area (Å²) in [5, 5.41) is 3.02. The highest BCUT2D eigenvalue weighted by atomic mass is 16.5. The molecule has 0 radical (unpaired) electrons. The van der Waals surface area contributed by atoms with E-state index < -0.39 is 0 Å². The quantitative estimate of drug-likeness (QED) is 0.683. The van der Waals surface area contributed by atoms with Gasteiger partial charge in [0.05, 0.1) is 14.2 Å². The molecule has 1 amide bonds. The second-order valence-corrected chi connectivity index (χ2v) is 6.57. The molecular weight excluding hydrogens is 312 g/mol. The van der Waals surface area contributed by atoms with Crippen LogP contribution in [0.1, 0.15) is 23.1 Å². The van der Waals surface area contributed by atoms with E-state index in [0.717, 1.165) is 42.1 Å². The first kappa shape index (κ1) is 19.0. The average Bonchev–Trinajstić information content (AvgIpc) is 2.60. The van der Waals surface area contributed by atoms with Crippen LogP contribution in [0.4, 0.5) is 0 Å². The third kappa shape index (κ3) is 6.59. The van der Waals surface area contributed by atoms with Gasteiger partial charge in [0, 0.05) is 12.1 Å². The number of amides is 1. The van der Waals surface area contributed by atoms with Gasteiger partial charge in [-0.3, -0.25) is 4.79 Å². The zero-order valence-electron chi connectivity index (χ0n) is 15.5. The lowest BCUT2D eigenvalue weighted by Crippen LogP contribution is -3.08. The molecule has 0 aliphatic rings. The van der Waals surface area contributed by atoms with Crippen LogP contribution in [0.5, 0.6) is 5.75 Å². The van der Waals surface area contributed by atoms with Crippen molar-refractivity contribution in [2.45, 2.75) is 26.3 Å². The van der Waals surface area contributed by atoms with Gasteiger partial charge < -0.3 is 15.0 Å². The number of nitrogens with one attached hydrogen (secondary N) is 2. The zero-order valence-corrected chi connectivity index (χ0v) is 15.5. The lowest BCUT2D eigenvalue weighted by atomic mass is 10.1. The molecule has 0 saturated heterocycles. The molecule has 4 heteroatoms. The van der Waals surface area contributed by atoms with E-state index in [1.54, 1.807) is 7.11 Å². The van der Waals surface area contributed by atoms with Crippen LogP contribution in [0, 0.1) is 6.92 Å². The monoisotopic (exact) mass is 341 g/mol. The van der Waals surface area contributed by atoms with Crippen LogP contribution >= 0.6 is 0 Å². The van der Waals surface area contributed by atoms with Crippen molar-refractivity contribution in [3.63, 3.8) is 0 Å². The van der Waals surface area contributed by atoms with E-state index in [1.807, 2.05) is 37.4 Å². The van der Waals surface area contributed by atoms with Crippen LogP contribution in [-0.2, 0) is 17.8 Å². The number of methoxy groups -OCH3 is 1. The summed E-state index contributed by atoms with van der Waals surface area (Å²) in [4.78, 5) is 13.3. The Morgan fingerprint density at radius 2 is 1.92 bits per heavy atom. The number of hydrogen-bond acceptors (Lipinski definition) is 2. The summed E-state index contributed by atoms with van der Waals surface area (Å²) < 4.78 is 5.41. The van der Waals surface area contributed by atoms with Crippen LogP contribution in [0.3, 0.4) is 0 Å². The summed E-state index contributed by atoms with van der Waals surface area (Å²) in [5.74, 6) is 0.977. The maximum Gasteiger partial charge on any atom is 0.275 e. The van der Waals surface area contributed by atoms with Crippen molar-refractivity contribution in [1.29, 1.82) is 0 Å². The lowest BCUT2D eigenvalue weighted by Gasteiger charge is -2.16. The molecule has 0 saturated carbocycles. The summed E-state index contributed by atoms with van der Waals surface area (Å²) >= 11 is 0. The number of ether oxygens (including phenoxy) is 1. The second-order valence-electron chi connectivity index (χ2n) is 6.57. The van der Waals surface area contributed by atoms with Gasteiger partial charge in [-0.1, -0.05) is 42.0 Å². The summed E-state index contributed by atoms with van der Waals surface area (Å²) in [6, 6.07) is 16.5. The molecule has 1 atom stereocenters. The van der Waals surface area contributed by atoms with E-state index in [0.29, 0.717) is 6.54 Å². The molecule has 2 aromatic rings. The number of hydrogen-bond donors (Lipinski definition) is 2. The molecule has 0 aliphatic carbocycles. The first-order valence-corrected chi connectivity index (χ1v) is 8.84. The molecule has 0 aliphatic heterocycles. The highest BCUT2D eigenvalue weighted by Gasteiger charge is 2.13. The van der Waals surface area contributed by atoms with E-state index in [-0.39, 0.29) is 5.91 Å². The van der Waals surface area contributed by atoms with Crippen LogP contribution in [0.25, 0.3) is 0 Å². The van der Waals surface area contributed by atoms with Crippen molar-refractivity contribution in [2.75, 3.05) is 27.2 Å². The van der Waals surface area contributed by atoms with Gasteiger partial charge in [0.15, 0.2) is 6.54 Å². The fourth-order valence-corrected chi connectivity index (χ4v) is 2.93. The first-order chi connectivity index (χ1) is 12.1. The first-order valence-electron chi connectivity index (χ1n) is 8.84. The standard InChI is InChI=1S/C21H28N2O2/c1-17-11-12-20(25-3)19(14-17)15-23(2)16-21(24)22-13-7-10-18-8-5-4-6-9-18/h4-6,8-9,11-12,14H,7,10,13,15-16H2,1-3H3,(H,22,24)/p+1. The molecule has 2 N–H and O–H groups in total. The number of aryl methyl sites for hydroxylation is 2. The summed E-state index contributed by atoms with van der Waals surface area (Å²) in [5.41, 5.74) is 3.65. The minimum atomic E-state index is 0.0946. The number of benzene rings is 2. The second kappa shape index (κ2) is 9.84. The Kier molecular flexibility index (Phi) is 7.48. The molecule has 0 aromatic heterocycles. The van der Waals surface area contributed by atoms with Gasteiger partial charge in [-0.25, -0.2) is 0 Å². The van der Waals surface area contributed by atoms with E-state index in [2.05, 4.69) is 30.4 Å². The normalized spacial score (nSPS) is 11.8. The molecule has 2 aromatic carbocycles. The van der Waals surface area contributed by atoms with Gasteiger partial charge in [0.25, 0.3) is 5.91 Å². The fourth-order valence-electron chi connectivity index (χ4n) is 2.93. The Balaban J connectivity index is 1.72. The van der Waals surface area contributed by atoms with E-state index in [1.165, 1.54) is 11.1 Å². The largest absolute Gasteiger partial charge is 0.496 e. The van der Waals surface area contributed by atoms with Gasteiger partial charge >= 0.3 is 0 Å². The highest BCUT2D eigenvalue weighted by molar-refractivity contribution is 5.76. The van der Waals surface area contributed by atoms with Crippen molar-refractivity contribution in [1.82, 2.24) is 5.32 Å². The van der Waals surface area contributed by atoms with Crippen molar-refractivity contribution < 1.29 is 14.4 Å². The van der Waals surface area contributed by atoms with E-state index in [9.17, 15) is 4.79 Å². The molecule has 25 heavy (non-hydrogen) atoms. The minimum absolute atomic E-state index is 0.0946. The smallest absolute Gasteiger partial charge is 0.275 e. The molecule has 0 heterocycles. The highest BCUT2D eigenvalue weighted by Crippen LogP contribution is 2.18. The van der Waals surface area contributed by atoms with Gasteiger partial charge in [-0.15, -0.1) is 0 Å². The van der Waals surface area contributed by atoms with E-state index >= 15 is 0 Å². The predicted octanol–water partition coefficient (Wildman–Crippen LogP) is 1.77. The number of rotatable bonds is 9. The molecule has 134 valence electrons. The topological polar surface area (TPSA) is 42.8 Å². The van der Waals surface area contributed by atoms with Crippen LogP contribution < -0.4 is 15.0 Å². The van der Waals surface area contributed by atoms with E-state index in [4.69, 9.17) is 4.74 Å². The van der Waals surface area contributed by atoms with Gasteiger partial charge in [0.1, 0.15) is 12.3 Å². The number of carbonyl (C=O) groups is 1. The van der Waals surface area contributed by atoms with Crippen molar-refractivity contribution in [3.8, 4) is 5.75 Å². The third-order valence-electron chi connectivity index (χ3n) is 4.20. The van der Waals surface area contributed by atoms with Crippen LogP contribution in [0.15, 0.2) is 48.5 Å². The Morgan fingerprint density at radius 3 is 2.64 bits per heavy atom. The van der Waals surface area contributed by atoms with Crippen LogP contribution in [-0.4, -0.2) is 33.2 Å². The van der Waals surface area contributed by atoms with Crippen molar-refractivity contribution in [3.05, 3.63) is 65.2 Å². The Labute approximate surface area is 150 Å². The van der Waals surface area contributed by atoms with Gasteiger partial charge in [-0.2, -0.15) is 0 Å². The number of quaternary nitrogens is 1. The Hall–Kier alpha value is -2.33. The lowest BCUT2D eigenvalue weighted by molar-refractivity contribution is -0.885. The summed E-state index contributed by atoms with van der Waals surface area (Å²) in [7, 11) is 3.72. The number of carbonyl (C=O) groups excluding carboxylic acids is 1. The van der Waals surface area contributed by atoms with Crippen molar-refractivity contribution in [2.24, 2.45) is 0 Å². The molecule has 1 unspecified atom stereocenters. The maximum absolute atomic E-state index is 12.1. The Morgan fingerprint density at radius 1 is 1.16 bits per heavy atom. The SMILES string of the molecule is COc1ccc(C)cc1C[NH+](C)CC(=O)NCCCc1ccccc1. The number of likely N-dealkylation sites (N-methyl/N-ethyl adjacent to an activating group) is 1. The van der Waals surface area contributed by atoms with Crippen molar-refractivity contribution >= 4 is 5.91 Å². The summed E-state index contributed by atoms with van der Waals surface area (Å²) in [6.07, 6.45) is 1.95. The minimum Gasteiger partial charge on any atom is -0.496 e. The maximum atomic E-state index is 12.1. The van der Waals surface area contributed by atoms with Gasteiger partial charge in [-0.05, 0) is 37.5 Å². The molecule has 0 fully saturated rings. The molecule has 0 bridgehead atoms. The molecular formula is C21H29N2O2+. The van der Waals surface area contributed by atoms with Crippen LogP contribution in [0.2, 0.25) is 0 Å². The molecule has 0 spiro atoms. The molecule has 2 rings (SSSR count). The third-order valence-corrected chi connectivity index (χ3v) is 4.20. The predicted molar refractivity (Wildman–Crippen MR) is 101 cm³/mol. The average molecular weight is 341 g/mol. The van der Waals surface area contributed by atoms with Gasteiger partial charge in [0.2, 0.25) is 0 Å². The zero-order chi connectivity index (χ0) is 18.1. The Bertz CT molecular complexity index is 671.